The maximum Gasteiger partial charge on any atom is 0.0540 e. The van der Waals surface area contributed by atoms with Gasteiger partial charge in [0.05, 0.1) is 5.69 Å². The minimum absolute atomic E-state index is 0.728. The van der Waals surface area contributed by atoms with Crippen molar-refractivity contribution in [3.63, 3.8) is 0 Å². The molecule has 0 bridgehead atoms. The second kappa shape index (κ2) is 9.82. The number of halogens is 1. The lowest BCUT2D eigenvalue weighted by Crippen LogP contribution is -2.11. The van der Waals surface area contributed by atoms with Crippen LogP contribution in [-0.2, 0) is 0 Å². The Morgan fingerprint density at radius 3 is 1.71 bits per heavy atom. The SMILES string of the molecule is Cc1ccc(-c2ccc(N(c3ccc(Cl)cc3)c3cccc(C)c3)c(-c3ccc(C)cc3)c2)cc1. The molecule has 0 unspecified atom stereocenters. The van der Waals surface area contributed by atoms with Gasteiger partial charge in [0.25, 0.3) is 0 Å². The molecule has 0 aromatic heterocycles. The first-order valence-corrected chi connectivity index (χ1v) is 12.3. The van der Waals surface area contributed by atoms with E-state index in [-0.39, 0.29) is 0 Å². The fourth-order valence-electron chi connectivity index (χ4n) is 4.41. The fraction of sp³-hybridized carbons (Fsp3) is 0.0909. The van der Waals surface area contributed by atoms with E-state index >= 15 is 0 Å². The topological polar surface area (TPSA) is 3.24 Å². The predicted octanol–water partition coefficient (Wildman–Crippen LogP) is 10.1. The number of hydrogen-bond donors (Lipinski definition) is 0. The number of hydrogen-bond acceptors (Lipinski definition) is 1. The van der Waals surface area contributed by atoms with Crippen LogP contribution in [0.15, 0.2) is 115 Å². The van der Waals surface area contributed by atoms with Crippen LogP contribution in [0, 0.1) is 20.8 Å². The van der Waals surface area contributed by atoms with E-state index in [9.17, 15) is 0 Å². The molecule has 5 aromatic carbocycles. The number of nitrogens with zero attached hydrogens (tertiary/aromatic N) is 1. The maximum atomic E-state index is 6.26. The van der Waals surface area contributed by atoms with Crippen molar-refractivity contribution in [3.8, 4) is 22.3 Å². The number of rotatable bonds is 5. The summed E-state index contributed by atoms with van der Waals surface area (Å²) in [5.41, 5.74) is 11.8. The molecule has 0 saturated carbocycles. The minimum atomic E-state index is 0.728. The lowest BCUT2D eigenvalue weighted by atomic mass is 9.95. The third-order valence-corrected chi connectivity index (χ3v) is 6.58. The average Bonchev–Trinajstić information content (AvgIpc) is 2.87. The van der Waals surface area contributed by atoms with Crippen LogP contribution in [0.25, 0.3) is 22.3 Å². The molecule has 5 rings (SSSR count). The molecular formula is C33H28ClN. The van der Waals surface area contributed by atoms with Gasteiger partial charge in [-0.3, -0.25) is 0 Å². The zero-order valence-corrected chi connectivity index (χ0v) is 21.1. The Balaban J connectivity index is 1.75. The third kappa shape index (κ3) is 5.01. The highest BCUT2D eigenvalue weighted by Crippen LogP contribution is 2.43. The summed E-state index contributed by atoms with van der Waals surface area (Å²) in [5.74, 6) is 0. The maximum absolute atomic E-state index is 6.26. The first kappa shape index (κ1) is 23.0. The Morgan fingerprint density at radius 2 is 1.09 bits per heavy atom. The zero-order valence-electron chi connectivity index (χ0n) is 20.3. The minimum Gasteiger partial charge on any atom is -0.310 e. The van der Waals surface area contributed by atoms with Crippen LogP contribution < -0.4 is 4.90 Å². The van der Waals surface area contributed by atoms with E-state index in [2.05, 4.69) is 129 Å². The summed E-state index contributed by atoms with van der Waals surface area (Å²) in [7, 11) is 0. The van der Waals surface area contributed by atoms with E-state index in [4.69, 9.17) is 11.6 Å². The van der Waals surface area contributed by atoms with Crippen LogP contribution in [-0.4, -0.2) is 0 Å². The number of benzene rings is 5. The average molecular weight is 474 g/mol. The smallest absolute Gasteiger partial charge is 0.0540 e. The monoisotopic (exact) mass is 473 g/mol. The van der Waals surface area contributed by atoms with Gasteiger partial charge in [-0.1, -0.05) is 89.5 Å². The summed E-state index contributed by atoms with van der Waals surface area (Å²) < 4.78 is 0. The van der Waals surface area contributed by atoms with Crippen LogP contribution >= 0.6 is 11.6 Å². The molecule has 5 aromatic rings. The molecule has 0 radical (unpaired) electrons. The largest absolute Gasteiger partial charge is 0.310 e. The molecule has 0 heterocycles. The van der Waals surface area contributed by atoms with Crippen LogP contribution in [0.2, 0.25) is 5.02 Å². The van der Waals surface area contributed by atoms with Crippen LogP contribution in [0.1, 0.15) is 16.7 Å². The molecule has 0 saturated heterocycles. The molecule has 0 fully saturated rings. The zero-order chi connectivity index (χ0) is 24.4. The first-order valence-electron chi connectivity index (χ1n) is 11.9. The molecule has 0 amide bonds. The number of aryl methyl sites for hydroxylation is 3. The van der Waals surface area contributed by atoms with E-state index in [1.807, 2.05) is 12.1 Å². The summed E-state index contributed by atoms with van der Waals surface area (Å²) in [4.78, 5) is 2.32. The summed E-state index contributed by atoms with van der Waals surface area (Å²) in [6.45, 7) is 6.38. The van der Waals surface area contributed by atoms with E-state index in [1.165, 1.54) is 38.9 Å². The van der Waals surface area contributed by atoms with Crippen molar-refractivity contribution >= 4 is 28.7 Å². The van der Waals surface area contributed by atoms with E-state index < -0.39 is 0 Å². The van der Waals surface area contributed by atoms with E-state index in [1.54, 1.807) is 0 Å². The molecule has 0 spiro atoms. The quantitative estimate of drug-likeness (QED) is 0.245. The molecule has 1 nitrogen and oxygen atoms in total. The second-order valence-corrected chi connectivity index (χ2v) is 9.55. The summed E-state index contributed by atoms with van der Waals surface area (Å²) in [6.07, 6.45) is 0. The first-order chi connectivity index (χ1) is 17.0. The van der Waals surface area contributed by atoms with E-state index in [0.29, 0.717) is 0 Å². The van der Waals surface area contributed by atoms with Gasteiger partial charge in [0.15, 0.2) is 0 Å². The van der Waals surface area contributed by atoms with Gasteiger partial charge in [-0.2, -0.15) is 0 Å². The highest BCUT2D eigenvalue weighted by atomic mass is 35.5. The Morgan fingerprint density at radius 1 is 0.486 bits per heavy atom. The molecule has 0 aliphatic heterocycles. The van der Waals surface area contributed by atoms with Gasteiger partial charge in [0, 0.05) is 22.0 Å². The van der Waals surface area contributed by atoms with Crippen molar-refractivity contribution in [2.45, 2.75) is 20.8 Å². The van der Waals surface area contributed by atoms with Gasteiger partial charge in [-0.05, 0) is 91.6 Å². The highest BCUT2D eigenvalue weighted by molar-refractivity contribution is 6.30. The highest BCUT2D eigenvalue weighted by Gasteiger charge is 2.18. The van der Waals surface area contributed by atoms with Crippen LogP contribution in [0.4, 0.5) is 17.1 Å². The molecule has 0 atom stereocenters. The molecule has 172 valence electrons. The van der Waals surface area contributed by atoms with Crippen molar-refractivity contribution in [1.82, 2.24) is 0 Å². The van der Waals surface area contributed by atoms with Gasteiger partial charge >= 0.3 is 0 Å². The Labute approximate surface area is 213 Å². The fourth-order valence-corrected chi connectivity index (χ4v) is 4.53. The van der Waals surface area contributed by atoms with Crippen molar-refractivity contribution < 1.29 is 0 Å². The van der Waals surface area contributed by atoms with Crippen molar-refractivity contribution in [1.29, 1.82) is 0 Å². The Bertz CT molecular complexity index is 1450. The van der Waals surface area contributed by atoms with Gasteiger partial charge in [0.1, 0.15) is 0 Å². The van der Waals surface area contributed by atoms with Crippen molar-refractivity contribution in [3.05, 3.63) is 137 Å². The Hall–Kier alpha value is -3.81. The third-order valence-electron chi connectivity index (χ3n) is 6.33. The molecule has 35 heavy (non-hydrogen) atoms. The van der Waals surface area contributed by atoms with Crippen molar-refractivity contribution in [2.75, 3.05) is 4.90 Å². The molecule has 2 heteroatoms. The van der Waals surface area contributed by atoms with Gasteiger partial charge in [0.2, 0.25) is 0 Å². The lowest BCUT2D eigenvalue weighted by Gasteiger charge is -2.28. The Kier molecular flexibility index (Phi) is 6.44. The summed E-state index contributed by atoms with van der Waals surface area (Å²) in [5, 5.41) is 0.728. The standard InChI is InChI=1S/C33H28ClN/c1-23-7-11-26(12-8-23)28-15-20-33(32(22-28)27-13-9-24(2)10-14-27)35(30-18-16-29(34)17-19-30)31-6-4-5-25(3)21-31/h4-22H,1-3H3. The van der Waals surface area contributed by atoms with Gasteiger partial charge < -0.3 is 4.90 Å². The van der Waals surface area contributed by atoms with E-state index in [0.717, 1.165) is 22.1 Å². The summed E-state index contributed by atoms with van der Waals surface area (Å²) >= 11 is 6.26. The van der Waals surface area contributed by atoms with Gasteiger partial charge in [-0.25, -0.2) is 0 Å². The molecular weight excluding hydrogens is 446 g/mol. The summed E-state index contributed by atoms with van der Waals surface area (Å²) in [6, 6.07) is 41.0. The lowest BCUT2D eigenvalue weighted by molar-refractivity contribution is 1.27. The van der Waals surface area contributed by atoms with Gasteiger partial charge in [-0.15, -0.1) is 0 Å². The second-order valence-electron chi connectivity index (χ2n) is 9.11. The molecule has 0 aliphatic rings. The predicted molar refractivity (Wildman–Crippen MR) is 151 cm³/mol. The normalized spacial score (nSPS) is 10.9. The number of anilines is 3. The van der Waals surface area contributed by atoms with Crippen LogP contribution in [0.5, 0.6) is 0 Å². The van der Waals surface area contributed by atoms with Crippen molar-refractivity contribution in [2.24, 2.45) is 0 Å². The molecule has 0 aliphatic carbocycles. The van der Waals surface area contributed by atoms with Crippen LogP contribution in [0.3, 0.4) is 0 Å². The molecule has 0 N–H and O–H groups in total.